The zero-order valence-electron chi connectivity index (χ0n) is 15.0. The molecule has 2 aliphatic heterocycles. The lowest BCUT2D eigenvalue weighted by Crippen LogP contribution is -2.60. The fourth-order valence-electron chi connectivity index (χ4n) is 2.66. The predicted octanol–water partition coefficient (Wildman–Crippen LogP) is 2.02. The fourth-order valence-corrected chi connectivity index (χ4v) is 2.66. The number of rotatable bonds is 4. The highest BCUT2D eigenvalue weighted by atomic mass is 19.3. The molecule has 5 unspecified atom stereocenters. The minimum atomic E-state index is -1.35. The van der Waals surface area contributed by atoms with Gasteiger partial charge in [0.25, 0.3) is 0 Å². The van der Waals surface area contributed by atoms with Crippen molar-refractivity contribution in [2.75, 3.05) is 26.9 Å². The number of aliphatic hydroxyl groups excluding tert-OH is 1. The van der Waals surface area contributed by atoms with E-state index in [-0.39, 0.29) is 17.9 Å². The van der Waals surface area contributed by atoms with Crippen LogP contribution in [0.1, 0.15) is 13.8 Å². The first-order valence-corrected chi connectivity index (χ1v) is 8.34. The second-order valence-electron chi connectivity index (χ2n) is 5.29. The molecule has 9 heteroatoms. The van der Waals surface area contributed by atoms with E-state index < -0.39 is 30.7 Å². The quantitative estimate of drug-likeness (QED) is 0.857. The molecule has 1 aromatic rings. The number of benzene rings is 1. The average Bonchev–Trinajstić information content (AvgIpc) is 2.90. The zero-order valence-corrected chi connectivity index (χ0v) is 15.0. The molecule has 0 aliphatic carbocycles. The summed E-state index contributed by atoms with van der Waals surface area (Å²) in [7, 11) is 1.55. The predicted molar refractivity (Wildman–Crippen MR) is 88.7 cm³/mol. The minimum absolute atomic E-state index is 0. The summed E-state index contributed by atoms with van der Waals surface area (Å²) in [5.41, 5.74) is 0. The molecule has 7 nitrogen and oxygen atoms in total. The number of ether oxygens (including phenoxy) is 5. The molecule has 0 radical (unpaired) electrons. The SMILES string of the molecule is CC.COc1ccc(OC2OC3COCCOC3C(OF)C2O)cc1.F. The molecule has 0 bridgehead atoms. The van der Waals surface area contributed by atoms with Crippen LogP contribution in [0.25, 0.3) is 0 Å². The van der Waals surface area contributed by atoms with Gasteiger partial charge in [-0.05, 0) is 28.8 Å². The Bertz CT molecular complexity index is 502. The molecular weight excluding hydrogens is 354 g/mol. The average molecular weight is 380 g/mol. The minimum Gasteiger partial charge on any atom is -0.497 e. The Labute approximate surface area is 151 Å². The summed E-state index contributed by atoms with van der Waals surface area (Å²) in [5, 5.41) is 10.3. The van der Waals surface area contributed by atoms with Crippen LogP contribution in [-0.4, -0.2) is 62.7 Å². The molecule has 1 aromatic carbocycles. The summed E-state index contributed by atoms with van der Waals surface area (Å²) in [4.78, 5) is 3.92. The molecule has 0 saturated carbocycles. The highest BCUT2D eigenvalue weighted by Gasteiger charge is 2.49. The van der Waals surface area contributed by atoms with Gasteiger partial charge in [-0.3, -0.25) is 4.70 Å². The van der Waals surface area contributed by atoms with Gasteiger partial charge >= 0.3 is 0 Å². The summed E-state index contributed by atoms with van der Waals surface area (Å²) >= 11 is 0. The van der Waals surface area contributed by atoms with Crippen LogP contribution in [0.5, 0.6) is 11.5 Å². The van der Waals surface area contributed by atoms with Gasteiger partial charge in [-0.15, -0.1) is 0 Å². The van der Waals surface area contributed by atoms with Gasteiger partial charge in [0.05, 0.1) is 26.9 Å². The number of methoxy groups -OCH3 is 1. The smallest absolute Gasteiger partial charge is 0.229 e. The van der Waals surface area contributed by atoms with Crippen molar-refractivity contribution in [3.05, 3.63) is 24.3 Å². The van der Waals surface area contributed by atoms with E-state index in [4.69, 9.17) is 23.7 Å². The van der Waals surface area contributed by atoms with Crippen LogP contribution in [0.4, 0.5) is 9.23 Å². The molecule has 2 fully saturated rings. The highest BCUT2D eigenvalue weighted by molar-refractivity contribution is 5.31. The van der Waals surface area contributed by atoms with Crippen molar-refractivity contribution in [2.24, 2.45) is 0 Å². The van der Waals surface area contributed by atoms with Gasteiger partial charge in [-0.1, -0.05) is 13.8 Å². The lowest BCUT2D eigenvalue weighted by atomic mass is 9.99. The Morgan fingerprint density at radius 2 is 1.77 bits per heavy atom. The van der Waals surface area contributed by atoms with E-state index >= 15 is 0 Å². The summed E-state index contributed by atoms with van der Waals surface area (Å²) in [6.45, 7) is 4.86. The Balaban J connectivity index is 0.00000109. The Morgan fingerprint density at radius 1 is 1.12 bits per heavy atom. The summed E-state index contributed by atoms with van der Waals surface area (Å²) in [6.07, 6.45) is -5.01. The third kappa shape index (κ3) is 5.24. The maximum atomic E-state index is 12.9. The molecule has 0 amide bonds. The van der Waals surface area contributed by atoms with Crippen LogP contribution in [0.2, 0.25) is 0 Å². The van der Waals surface area contributed by atoms with Crippen molar-refractivity contribution in [1.82, 2.24) is 0 Å². The number of halogens is 2. The van der Waals surface area contributed by atoms with Gasteiger partial charge in [0.1, 0.15) is 29.8 Å². The lowest BCUT2D eigenvalue weighted by Gasteiger charge is -2.41. The molecule has 1 N–H and O–H groups in total. The van der Waals surface area contributed by atoms with Crippen LogP contribution in [0.3, 0.4) is 0 Å². The van der Waals surface area contributed by atoms with Gasteiger partial charge in [0.15, 0.2) is 6.10 Å². The first-order valence-electron chi connectivity index (χ1n) is 8.34. The van der Waals surface area contributed by atoms with Gasteiger partial charge in [0, 0.05) is 0 Å². The van der Waals surface area contributed by atoms with Crippen LogP contribution >= 0.6 is 0 Å². The highest BCUT2D eigenvalue weighted by Crippen LogP contribution is 2.29. The number of fused-ring (bicyclic) bond motifs is 1. The first kappa shape index (κ1) is 22.5. The van der Waals surface area contributed by atoms with E-state index in [1.165, 1.54) is 0 Å². The van der Waals surface area contributed by atoms with Crippen LogP contribution in [-0.2, 0) is 19.2 Å². The summed E-state index contributed by atoms with van der Waals surface area (Å²) in [6, 6.07) is 6.72. The van der Waals surface area contributed by atoms with Crippen molar-refractivity contribution in [1.29, 1.82) is 0 Å². The van der Waals surface area contributed by atoms with Crippen molar-refractivity contribution in [3.8, 4) is 11.5 Å². The van der Waals surface area contributed by atoms with E-state index in [9.17, 15) is 9.63 Å². The van der Waals surface area contributed by atoms with E-state index in [0.29, 0.717) is 18.1 Å². The molecule has 3 rings (SSSR count). The van der Waals surface area contributed by atoms with E-state index in [1.54, 1.807) is 31.4 Å². The molecule has 2 saturated heterocycles. The second kappa shape index (κ2) is 11.2. The molecular formula is C17H26F2O7. The Kier molecular flexibility index (Phi) is 9.74. The third-order valence-electron chi connectivity index (χ3n) is 3.85. The maximum absolute atomic E-state index is 12.9. The molecule has 26 heavy (non-hydrogen) atoms. The van der Waals surface area contributed by atoms with Crippen LogP contribution in [0, 0.1) is 0 Å². The standard InChI is InChI=1S/C15H19FO7.C2H6.FH/c1-18-9-2-4-10(5-3-9)21-15-12(17)14(23-16)13-11(22-15)8-19-6-7-20-13;1-2;/h2-5,11-15,17H,6-8H2,1H3;1-2H3;1H. The number of hydrogen-bond acceptors (Lipinski definition) is 7. The molecule has 5 atom stereocenters. The fraction of sp³-hybridized carbons (Fsp3) is 0.647. The van der Waals surface area contributed by atoms with Gasteiger partial charge in [0.2, 0.25) is 6.29 Å². The van der Waals surface area contributed by atoms with Crippen molar-refractivity contribution in [2.45, 2.75) is 44.6 Å². The number of aliphatic hydroxyl groups is 1. The monoisotopic (exact) mass is 380 g/mol. The third-order valence-corrected chi connectivity index (χ3v) is 3.85. The Hall–Kier alpha value is -1.52. The van der Waals surface area contributed by atoms with E-state index in [2.05, 4.69) is 4.94 Å². The van der Waals surface area contributed by atoms with Crippen LogP contribution < -0.4 is 9.47 Å². The molecule has 150 valence electrons. The number of hydrogen-bond donors (Lipinski definition) is 1. The van der Waals surface area contributed by atoms with Crippen molar-refractivity contribution >= 4 is 0 Å². The van der Waals surface area contributed by atoms with Crippen molar-refractivity contribution in [3.63, 3.8) is 0 Å². The Morgan fingerprint density at radius 3 is 2.38 bits per heavy atom. The maximum Gasteiger partial charge on any atom is 0.229 e. The molecule has 2 heterocycles. The van der Waals surface area contributed by atoms with Crippen LogP contribution in [0.15, 0.2) is 24.3 Å². The second-order valence-corrected chi connectivity index (χ2v) is 5.29. The topological polar surface area (TPSA) is 75.6 Å². The van der Waals surface area contributed by atoms with E-state index in [1.807, 2.05) is 13.8 Å². The molecule has 0 aromatic heterocycles. The van der Waals surface area contributed by atoms with Gasteiger partial charge < -0.3 is 28.8 Å². The largest absolute Gasteiger partial charge is 0.497 e. The molecule has 0 spiro atoms. The first-order chi connectivity index (χ1) is 12.2. The normalized spacial score (nSPS) is 30.6. The lowest BCUT2D eigenvalue weighted by molar-refractivity contribution is -0.330. The van der Waals surface area contributed by atoms with Crippen molar-refractivity contribution < 1.29 is 43.0 Å². The summed E-state index contributed by atoms with van der Waals surface area (Å²) in [5.74, 6) is 1.11. The zero-order chi connectivity index (χ0) is 18.2. The summed E-state index contributed by atoms with van der Waals surface area (Å²) < 4.78 is 40.1. The van der Waals surface area contributed by atoms with Gasteiger partial charge in [-0.25, -0.2) is 0 Å². The molecule has 2 aliphatic rings. The van der Waals surface area contributed by atoms with Gasteiger partial charge in [-0.2, -0.15) is 4.94 Å². The van der Waals surface area contributed by atoms with E-state index in [0.717, 1.165) is 0 Å².